The number of aromatic nitrogens is 1. The summed E-state index contributed by atoms with van der Waals surface area (Å²) < 4.78 is 0.637. The van der Waals surface area contributed by atoms with Gasteiger partial charge in [0.25, 0.3) is 0 Å². The minimum atomic E-state index is -0.435. The molecule has 4 nitrogen and oxygen atoms in total. The minimum absolute atomic E-state index is 0.0768. The van der Waals surface area contributed by atoms with Crippen LogP contribution in [0.15, 0.2) is 21.7 Å². The Morgan fingerprint density at radius 2 is 2.33 bits per heavy atom. The Kier molecular flexibility index (Phi) is 4.71. The summed E-state index contributed by atoms with van der Waals surface area (Å²) in [5.41, 5.74) is 0.396. The summed E-state index contributed by atoms with van der Waals surface area (Å²) in [7, 11) is 0. The molecule has 0 radical (unpaired) electrons. The molecule has 1 aromatic rings. The van der Waals surface area contributed by atoms with Crippen LogP contribution in [-0.2, 0) is 0 Å². The van der Waals surface area contributed by atoms with Gasteiger partial charge in [0.2, 0.25) is 0 Å². The van der Waals surface area contributed by atoms with E-state index in [9.17, 15) is 10.2 Å². The van der Waals surface area contributed by atoms with Gasteiger partial charge in [0.15, 0.2) is 0 Å². The van der Waals surface area contributed by atoms with Crippen molar-refractivity contribution in [2.24, 2.45) is 4.99 Å². The Hall–Kier alpha value is -0.940. The number of aromatic hydroxyl groups is 1. The van der Waals surface area contributed by atoms with Crippen LogP contribution in [0.4, 0.5) is 0 Å². The van der Waals surface area contributed by atoms with Crippen LogP contribution in [0.3, 0.4) is 0 Å². The Labute approximate surface area is 96.8 Å². The van der Waals surface area contributed by atoms with E-state index >= 15 is 0 Å². The van der Waals surface area contributed by atoms with Crippen molar-refractivity contribution in [3.05, 3.63) is 22.4 Å². The third kappa shape index (κ3) is 3.97. The zero-order chi connectivity index (χ0) is 11.3. The summed E-state index contributed by atoms with van der Waals surface area (Å²) in [6, 6.07) is 3.18. The maximum Gasteiger partial charge on any atom is 0.142 e. The van der Waals surface area contributed by atoms with Gasteiger partial charge in [-0.25, -0.2) is 4.98 Å². The molecule has 15 heavy (non-hydrogen) atoms. The fraction of sp³-hybridized carbons (Fsp3) is 0.400. The second-order valence-electron chi connectivity index (χ2n) is 3.09. The first-order valence-corrected chi connectivity index (χ1v) is 5.46. The van der Waals surface area contributed by atoms with E-state index in [0.717, 1.165) is 0 Å². The molecule has 82 valence electrons. The Morgan fingerprint density at radius 3 is 3.00 bits per heavy atom. The predicted octanol–water partition coefficient (Wildman–Crippen LogP) is 1.74. The highest BCUT2D eigenvalue weighted by Crippen LogP contribution is 2.15. The second-order valence-corrected chi connectivity index (χ2v) is 3.91. The SMILES string of the molecule is CCC(O)CN=Cc1nc(Br)ccc1O. The number of rotatable bonds is 4. The summed E-state index contributed by atoms with van der Waals surface area (Å²) >= 11 is 3.20. The molecule has 0 spiro atoms. The van der Waals surface area contributed by atoms with Crippen LogP contribution >= 0.6 is 15.9 Å². The van der Waals surface area contributed by atoms with Gasteiger partial charge >= 0.3 is 0 Å². The molecule has 0 bridgehead atoms. The third-order valence-corrected chi connectivity index (χ3v) is 2.31. The number of aliphatic imine (C=N–C) groups is 1. The third-order valence-electron chi connectivity index (χ3n) is 1.87. The summed E-state index contributed by atoms with van der Waals surface area (Å²) in [5, 5.41) is 18.7. The van der Waals surface area contributed by atoms with Crippen LogP contribution in [0.1, 0.15) is 19.0 Å². The van der Waals surface area contributed by atoms with Crippen molar-refractivity contribution in [3.8, 4) is 5.75 Å². The van der Waals surface area contributed by atoms with Crippen molar-refractivity contribution >= 4 is 22.1 Å². The molecule has 0 aliphatic rings. The molecule has 1 heterocycles. The van der Waals surface area contributed by atoms with Crippen molar-refractivity contribution < 1.29 is 10.2 Å². The van der Waals surface area contributed by atoms with E-state index in [4.69, 9.17) is 0 Å². The summed E-state index contributed by atoms with van der Waals surface area (Å²) in [4.78, 5) is 8.03. The molecule has 2 N–H and O–H groups in total. The van der Waals surface area contributed by atoms with Crippen molar-refractivity contribution in [1.29, 1.82) is 0 Å². The van der Waals surface area contributed by atoms with Gasteiger partial charge in [0.1, 0.15) is 16.0 Å². The van der Waals surface area contributed by atoms with Crippen LogP contribution in [0, 0.1) is 0 Å². The number of aliphatic hydroxyl groups excluding tert-OH is 1. The standard InChI is InChI=1S/C10H13BrN2O2/c1-2-7(14)5-12-6-8-9(15)3-4-10(11)13-8/h3-4,6-7,14-15H,2,5H2,1H3. The van der Waals surface area contributed by atoms with Crippen molar-refractivity contribution in [2.75, 3.05) is 6.54 Å². The zero-order valence-corrected chi connectivity index (χ0v) is 9.98. The summed E-state index contributed by atoms with van der Waals surface area (Å²) in [5.74, 6) is 0.0768. The van der Waals surface area contributed by atoms with Gasteiger partial charge in [0.05, 0.1) is 18.9 Å². The summed E-state index contributed by atoms with van der Waals surface area (Å²) in [6.07, 6.45) is 1.68. The van der Waals surface area contributed by atoms with Gasteiger partial charge in [-0.2, -0.15) is 0 Å². The van der Waals surface area contributed by atoms with Gasteiger partial charge in [-0.3, -0.25) is 4.99 Å². The average molecular weight is 273 g/mol. The van der Waals surface area contributed by atoms with Gasteiger partial charge < -0.3 is 10.2 Å². The Balaban J connectivity index is 2.67. The first-order valence-electron chi connectivity index (χ1n) is 4.67. The van der Waals surface area contributed by atoms with Gasteiger partial charge in [0, 0.05) is 0 Å². The van der Waals surface area contributed by atoms with E-state index in [-0.39, 0.29) is 5.75 Å². The van der Waals surface area contributed by atoms with E-state index in [2.05, 4.69) is 25.9 Å². The molecule has 0 fully saturated rings. The number of aliphatic hydroxyl groups is 1. The first kappa shape index (κ1) is 12.1. The molecule has 5 heteroatoms. The molecule has 1 unspecified atom stereocenters. The normalized spacial score (nSPS) is 13.3. The smallest absolute Gasteiger partial charge is 0.142 e. The van der Waals surface area contributed by atoms with Crippen LogP contribution in [0.5, 0.6) is 5.75 Å². The van der Waals surface area contributed by atoms with Crippen LogP contribution in [-0.4, -0.2) is 34.1 Å². The average Bonchev–Trinajstić information content (AvgIpc) is 2.23. The van der Waals surface area contributed by atoms with E-state index in [0.29, 0.717) is 23.3 Å². The molecule has 0 aliphatic heterocycles. The molecule has 0 saturated carbocycles. The van der Waals surface area contributed by atoms with E-state index in [1.165, 1.54) is 12.3 Å². The number of pyridine rings is 1. The largest absolute Gasteiger partial charge is 0.506 e. The first-order chi connectivity index (χ1) is 7.13. The highest BCUT2D eigenvalue weighted by atomic mass is 79.9. The Bertz CT molecular complexity index is 355. The monoisotopic (exact) mass is 272 g/mol. The maximum atomic E-state index is 9.42. The highest BCUT2D eigenvalue weighted by Gasteiger charge is 2.01. The van der Waals surface area contributed by atoms with Crippen molar-refractivity contribution in [1.82, 2.24) is 4.98 Å². The molecule has 0 saturated heterocycles. The van der Waals surface area contributed by atoms with Crippen LogP contribution in [0.2, 0.25) is 0 Å². The van der Waals surface area contributed by atoms with Gasteiger partial charge in [-0.05, 0) is 34.5 Å². The lowest BCUT2D eigenvalue weighted by Gasteiger charge is -2.02. The van der Waals surface area contributed by atoms with E-state index in [1.807, 2.05) is 6.92 Å². The number of nitrogens with zero attached hydrogens (tertiary/aromatic N) is 2. The molecule has 0 amide bonds. The number of halogens is 1. The fourth-order valence-corrected chi connectivity index (χ4v) is 1.25. The minimum Gasteiger partial charge on any atom is -0.506 e. The molecular formula is C10H13BrN2O2. The predicted molar refractivity (Wildman–Crippen MR) is 62.4 cm³/mol. The van der Waals surface area contributed by atoms with E-state index < -0.39 is 6.10 Å². The molecular weight excluding hydrogens is 260 g/mol. The number of hydrogen-bond donors (Lipinski definition) is 2. The second kappa shape index (κ2) is 5.82. The van der Waals surface area contributed by atoms with Crippen molar-refractivity contribution in [2.45, 2.75) is 19.4 Å². The molecule has 1 aromatic heterocycles. The topological polar surface area (TPSA) is 65.7 Å². The quantitative estimate of drug-likeness (QED) is 0.648. The maximum absolute atomic E-state index is 9.42. The van der Waals surface area contributed by atoms with Gasteiger partial charge in [-0.1, -0.05) is 6.92 Å². The molecule has 0 aromatic carbocycles. The molecule has 0 aliphatic carbocycles. The lowest BCUT2D eigenvalue weighted by atomic mass is 10.3. The number of hydrogen-bond acceptors (Lipinski definition) is 4. The van der Waals surface area contributed by atoms with Crippen molar-refractivity contribution in [3.63, 3.8) is 0 Å². The molecule has 1 atom stereocenters. The Morgan fingerprint density at radius 1 is 1.60 bits per heavy atom. The lowest BCUT2D eigenvalue weighted by molar-refractivity contribution is 0.179. The van der Waals surface area contributed by atoms with Gasteiger partial charge in [-0.15, -0.1) is 0 Å². The van der Waals surface area contributed by atoms with E-state index in [1.54, 1.807) is 6.07 Å². The zero-order valence-electron chi connectivity index (χ0n) is 8.39. The summed E-state index contributed by atoms with van der Waals surface area (Å²) in [6.45, 7) is 2.21. The van der Waals surface area contributed by atoms with Crippen LogP contribution in [0.25, 0.3) is 0 Å². The molecule has 1 rings (SSSR count). The highest BCUT2D eigenvalue weighted by molar-refractivity contribution is 9.10. The lowest BCUT2D eigenvalue weighted by Crippen LogP contribution is -2.08. The van der Waals surface area contributed by atoms with Crippen LogP contribution < -0.4 is 0 Å². The fourth-order valence-electron chi connectivity index (χ4n) is 0.928.